The van der Waals surface area contributed by atoms with Crippen LogP contribution in [0.25, 0.3) is 10.9 Å². The largest absolute Gasteiger partial charge is 0.493 e. The third-order valence-corrected chi connectivity index (χ3v) is 6.01. The molecule has 1 aromatic heterocycles. The van der Waals surface area contributed by atoms with Crippen LogP contribution in [0.3, 0.4) is 0 Å². The van der Waals surface area contributed by atoms with Crippen LogP contribution in [0.1, 0.15) is 25.8 Å². The summed E-state index contributed by atoms with van der Waals surface area (Å²) in [6, 6.07) is 14.1. The molecule has 1 saturated heterocycles. The van der Waals surface area contributed by atoms with E-state index in [9.17, 15) is 4.79 Å². The highest BCUT2D eigenvalue weighted by molar-refractivity contribution is 5.83. The van der Waals surface area contributed by atoms with Crippen molar-refractivity contribution in [2.24, 2.45) is 11.8 Å². The van der Waals surface area contributed by atoms with E-state index in [-0.39, 0.29) is 5.56 Å². The first-order chi connectivity index (χ1) is 15.0. The Morgan fingerprint density at radius 3 is 2.29 bits per heavy atom. The van der Waals surface area contributed by atoms with Gasteiger partial charge in [-0.05, 0) is 54.7 Å². The first kappa shape index (κ1) is 21.1. The third kappa shape index (κ3) is 4.63. The second-order valence-electron chi connectivity index (χ2n) is 8.67. The van der Waals surface area contributed by atoms with Crippen molar-refractivity contribution in [2.75, 3.05) is 37.5 Å². The number of aromatic amines is 1. The predicted molar refractivity (Wildman–Crippen MR) is 127 cm³/mol. The number of methoxy groups -OCH3 is 2. The molecule has 0 bridgehead atoms. The van der Waals surface area contributed by atoms with E-state index in [2.05, 4.69) is 53.3 Å². The second kappa shape index (κ2) is 8.92. The van der Waals surface area contributed by atoms with Gasteiger partial charge in [0, 0.05) is 48.0 Å². The Morgan fingerprint density at radius 2 is 1.65 bits per heavy atom. The minimum atomic E-state index is -0.111. The molecule has 0 saturated carbocycles. The average Bonchev–Trinajstić information content (AvgIpc) is 2.76. The molecule has 0 aliphatic carbocycles. The van der Waals surface area contributed by atoms with Crippen molar-refractivity contribution in [3.8, 4) is 11.5 Å². The van der Waals surface area contributed by atoms with E-state index in [4.69, 9.17) is 9.47 Å². The number of pyridine rings is 1. The number of benzene rings is 2. The van der Waals surface area contributed by atoms with Crippen LogP contribution in [0.2, 0.25) is 0 Å². The van der Waals surface area contributed by atoms with E-state index < -0.39 is 0 Å². The van der Waals surface area contributed by atoms with Crippen LogP contribution in [0.5, 0.6) is 11.5 Å². The number of H-pyrrole nitrogens is 1. The van der Waals surface area contributed by atoms with Gasteiger partial charge < -0.3 is 24.7 Å². The zero-order chi connectivity index (χ0) is 22.0. The molecule has 1 aliphatic heterocycles. The highest BCUT2D eigenvalue weighted by Gasteiger charge is 2.21. The monoisotopic (exact) mass is 421 g/mol. The Morgan fingerprint density at radius 1 is 1.00 bits per heavy atom. The number of nitrogens with one attached hydrogen (secondary N) is 2. The van der Waals surface area contributed by atoms with Gasteiger partial charge in [-0.3, -0.25) is 4.79 Å². The number of aromatic nitrogens is 1. The Bertz CT molecular complexity index is 1100. The SMILES string of the molecule is COc1cc2cc(CNc3ccc(N4C[C@@H](C)C[C@H](C)C4)cc3)c(=O)[nH]c2cc1OC. The van der Waals surface area contributed by atoms with E-state index in [1.54, 1.807) is 20.3 Å². The third-order valence-electron chi connectivity index (χ3n) is 6.01. The van der Waals surface area contributed by atoms with Gasteiger partial charge in [-0.2, -0.15) is 0 Å². The summed E-state index contributed by atoms with van der Waals surface area (Å²) in [7, 11) is 3.19. The van der Waals surface area contributed by atoms with Gasteiger partial charge in [0.1, 0.15) is 0 Å². The molecule has 1 aliphatic rings. The predicted octanol–water partition coefficient (Wildman–Crippen LogP) is 4.64. The summed E-state index contributed by atoms with van der Waals surface area (Å²) in [5.74, 6) is 2.67. The maximum absolute atomic E-state index is 12.6. The smallest absolute Gasteiger partial charge is 0.253 e. The molecule has 0 amide bonds. The molecule has 31 heavy (non-hydrogen) atoms. The van der Waals surface area contributed by atoms with Crippen molar-refractivity contribution in [1.29, 1.82) is 0 Å². The zero-order valence-electron chi connectivity index (χ0n) is 18.7. The van der Waals surface area contributed by atoms with Crippen LogP contribution in [0, 0.1) is 11.8 Å². The van der Waals surface area contributed by atoms with Gasteiger partial charge in [0.2, 0.25) is 0 Å². The maximum Gasteiger partial charge on any atom is 0.253 e. The van der Waals surface area contributed by atoms with Gasteiger partial charge in [-0.15, -0.1) is 0 Å². The number of rotatable bonds is 6. The average molecular weight is 422 g/mol. The lowest BCUT2D eigenvalue weighted by molar-refractivity contribution is 0.356. The minimum absolute atomic E-state index is 0.111. The van der Waals surface area contributed by atoms with Crippen LogP contribution in [-0.4, -0.2) is 32.3 Å². The Kier molecular flexibility index (Phi) is 6.07. The number of nitrogens with zero attached hydrogens (tertiary/aromatic N) is 1. The molecule has 0 unspecified atom stereocenters. The highest BCUT2D eigenvalue weighted by Crippen LogP contribution is 2.31. The molecule has 164 valence electrons. The van der Waals surface area contributed by atoms with Crippen LogP contribution < -0.4 is 25.2 Å². The standard InChI is InChI=1S/C25H31N3O3/c1-16-9-17(2)15-28(14-16)21-7-5-20(6-8-21)26-13-19-10-18-11-23(30-3)24(31-4)12-22(18)27-25(19)29/h5-8,10-12,16-17,26H,9,13-15H2,1-4H3,(H,27,29)/t16-,17-/m0/s1. The van der Waals surface area contributed by atoms with E-state index in [1.807, 2.05) is 12.1 Å². The number of hydrogen-bond donors (Lipinski definition) is 2. The number of fused-ring (bicyclic) bond motifs is 1. The summed E-state index contributed by atoms with van der Waals surface area (Å²) in [4.78, 5) is 18.0. The first-order valence-corrected chi connectivity index (χ1v) is 10.8. The van der Waals surface area contributed by atoms with Gasteiger partial charge in [0.05, 0.1) is 19.7 Å². The summed E-state index contributed by atoms with van der Waals surface area (Å²) < 4.78 is 10.7. The number of piperidine rings is 1. The summed E-state index contributed by atoms with van der Waals surface area (Å²) >= 11 is 0. The molecule has 3 aromatic rings. The molecule has 2 atom stereocenters. The normalized spacial score (nSPS) is 18.8. The Hall–Kier alpha value is -3.15. The Labute approximate surface area is 183 Å². The summed E-state index contributed by atoms with van der Waals surface area (Å²) in [5.41, 5.74) is 3.53. The molecule has 2 aromatic carbocycles. The second-order valence-corrected chi connectivity index (χ2v) is 8.67. The van der Waals surface area contributed by atoms with E-state index >= 15 is 0 Å². The molecular formula is C25H31N3O3. The van der Waals surface area contributed by atoms with E-state index in [1.165, 1.54) is 12.1 Å². The lowest BCUT2D eigenvalue weighted by atomic mass is 9.91. The highest BCUT2D eigenvalue weighted by atomic mass is 16.5. The zero-order valence-corrected chi connectivity index (χ0v) is 18.7. The van der Waals surface area contributed by atoms with Gasteiger partial charge >= 0.3 is 0 Å². The molecule has 4 rings (SSSR count). The van der Waals surface area contributed by atoms with Crippen LogP contribution in [-0.2, 0) is 6.54 Å². The van der Waals surface area contributed by atoms with Crippen molar-refractivity contribution >= 4 is 22.3 Å². The lowest BCUT2D eigenvalue weighted by Crippen LogP contribution is -2.38. The van der Waals surface area contributed by atoms with Crippen molar-refractivity contribution in [3.05, 3.63) is 58.4 Å². The maximum atomic E-state index is 12.6. The van der Waals surface area contributed by atoms with Crippen LogP contribution in [0.15, 0.2) is 47.3 Å². The van der Waals surface area contributed by atoms with Gasteiger partial charge in [0.15, 0.2) is 11.5 Å². The summed E-state index contributed by atoms with van der Waals surface area (Å²) in [5, 5.41) is 4.27. The molecular weight excluding hydrogens is 390 g/mol. The van der Waals surface area contributed by atoms with Gasteiger partial charge in [0.25, 0.3) is 5.56 Å². The molecule has 0 radical (unpaired) electrons. The molecule has 6 heteroatoms. The van der Waals surface area contributed by atoms with Crippen molar-refractivity contribution in [3.63, 3.8) is 0 Å². The molecule has 6 nitrogen and oxygen atoms in total. The van der Waals surface area contributed by atoms with Gasteiger partial charge in [-0.1, -0.05) is 13.8 Å². The molecule has 2 N–H and O–H groups in total. The summed E-state index contributed by atoms with van der Waals surface area (Å²) in [6.45, 7) is 7.31. The van der Waals surface area contributed by atoms with Crippen molar-refractivity contribution in [2.45, 2.75) is 26.8 Å². The minimum Gasteiger partial charge on any atom is -0.493 e. The fourth-order valence-electron chi connectivity index (χ4n) is 4.57. The lowest BCUT2D eigenvalue weighted by Gasteiger charge is -2.36. The van der Waals surface area contributed by atoms with Crippen molar-refractivity contribution < 1.29 is 9.47 Å². The van der Waals surface area contributed by atoms with Gasteiger partial charge in [-0.25, -0.2) is 0 Å². The fourth-order valence-corrected chi connectivity index (χ4v) is 4.57. The molecule has 1 fully saturated rings. The van der Waals surface area contributed by atoms with Crippen LogP contribution >= 0.6 is 0 Å². The molecule has 0 spiro atoms. The number of ether oxygens (including phenoxy) is 2. The van der Waals surface area contributed by atoms with E-state index in [0.29, 0.717) is 23.6 Å². The number of anilines is 2. The Balaban J connectivity index is 1.48. The van der Waals surface area contributed by atoms with Crippen LogP contribution in [0.4, 0.5) is 11.4 Å². The fraction of sp³-hybridized carbons (Fsp3) is 0.400. The quantitative estimate of drug-likeness (QED) is 0.607. The number of hydrogen-bond acceptors (Lipinski definition) is 5. The topological polar surface area (TPSA) is 66.6 Å². The van der Waals surface area contributed by atoms with Crippen molar-refractivity contribution in [1.82, 2.24) is 4.98 Å². The first-order valence-electron chi connectivity index (χ1n) is 10.8. The molecule has 2 heterocycles. The van der Waals surface area contributed by atoms with E-state index in [0.717, 1.165) is 41.5 Å². The summed E-state index contributed by atoms with van der Waals surface area (Å²) in [6.07, 6.45) is 1.30.